The van der Waals surface area contributed by atoms with E-state index in [1.165, 1.54) is 22.2 Å². The maximum absolute atomic E-state index is 12.2. The van der Waals surface area contributed by atoms with Gasteiger partial charge in [0.2, 0.25) is 5.91 Å². The summed E-state index contributed by atoms with van der Waals surface area (Å²) in [7, 11) is 1.74. The fourth-order valence-electron chi connectivity index (χ4n) is 2.00. The Morgan fingerprint density at radius 3 is 2.95 bits per heavy atom. The predicted octanol–water partition coefficient (Wildman–Crippen LogP) is 2.18. The van der Waals surface area contributed by atoms with Gasteiger partial charge in [0, 0.05) is 11.9 Å². The van der Waals surface area contributed by atoms with Crippen LogP contribution in [0.15, 0.2) is 40.1 Å². The van der Waals surface area contributed by atoms with Crippen molar-refractivity contribution in [2.45, 2.75) is 13.1 Å². The first-order chi connectivity index (χ1) is 10.1. The quantitative estimate of drug-likeness (QED) is 0.740. The van der Waals surface area contributed by atoms with Crippen LogP contribution in [-0.4, -0.2) is 27.4 Å². The van der Waals surface area contributed by atoms with Crippen molar-refractivity contribution in [3.05, 3.63) is 50.5 Å². The number of nitrogens with zero attached hydrogens (tertiary/aromatic N) is 3. The number of fused-ring (bicyclic) bond motifs is 1. The van der Waals surface area contributed by atoms with Gasteiger partial charge in [0.15, 0.2) is 0 Å². The fraction of sp³-hybridized carbons (Fsp3) is 0.214. The van der Waals surface area contributed by atoms with E-state index in [4.69, 9.17) is 0 Å². The minimum absolute atomic E-state index is 0.0134. The molecule has 108 valence electrons. The van der Waals surface area contributed by atoms with Gasteiger partial charge >= 0.3 is 0 Å². The third kappa shape index (κ3) is 2.88. The Morgan fingerprint density at radius 1 is 1.33 bits per heavy atom. The number of amides is 1. The summed E-state index contributed by atoms with van der Waals surface area (Å²) in [5, 5.41) is 4.37. The maximum atomic E-state index is 12.2. The van der Waals surface area contributed by atoms with E-state index in [1.54, 1.807) is 29.4 Å². The topological polar surface area (TPSA) is 55.2 Å². The van der Waals surface area contributed by atoms with E-state index in [-0.39, 0.29) is 18.0 Å². The molecule has 3 aromatic heterocycles. The minimum atomic E-state index is -0.167. The number of hydrogen-bond acceptors (Lipinski definition) is 5. The van der Waals surface area contributed by atoms with Crippen LogP contribution in [0.3, 0.4) is 0 Å². The summed E-state index contributed by atoms with van der Waals surface area (Å²) in [5.41, 5.74) is -0.167. The molecule has 0 spiro atoms. The lowest BCUT2D eigenvalue weighted by Crippen LogP contribution is -2.33. The van der Waals surface area contributed by atoms with Crippen molar-refractivity contribution in [2.75, 3.05) is 7.05 Å². The Morgan fingerprint density at radius 2 is 2.19 bits per heavy atom. The Kier molecular flexibility index (Phi) is 3.85. The smallest absolute Gasteiger partial charge is 0.262 e. The molecule has 21 heavy (non-hydrogen) atoms. The molecule has 0 bridgehead atoms. The molecule has 0 aliphatic rings. The number of rotatable bonds is 4. The van der Waals surface area contributed by atoms with Gasteiger partial charge in [-0.1, -0.05) is 6.07 Å². The second-order valence-corrected chi connectivity index (χ2v) is 6.57. The van der Waals surface area contributed by atoms with E-state index < -0.39 is 0 Å². The molecule has 0 aliphatic carbocycles. The van der Waals surface area contributed by atoms with Gasteiger partial charge in [-0.05, 0) is 22.9 Å². The van der Waals surface area contributed by atoms with Crippen molar-refractivity contribution in [3.63, 3.8) is 0 Å². The zero-order chi connectivity index (χ0) is 14.8. The Hall–Kier alpha value is -1.99. The molecule has 0 fully saturated rings. The molecule has 0 saturated carbocycles. The van der Waals surface area contributed by atoms with E-state index >= 15 is 0 Å². The average Bonchev–Trinajstić information content (AvgIpc) is 3.12. The maximum Gasteiger partial charge on any atom is 0.262 e. The number of carbonyl (C=O) groups excluding carboxylic acids is 1. The molecule has 3 heterocycles. The molecule has 7 heteroatoms. The van der Waals surface area contributed by atoms with E-state index in [9.17, 15) is 9.59 Å². The fourth-order valence-corrected chi connectivity index (χ4v) is 3.48. The molecule has 5 nitrogen and oxygen atoms in total. The lowest BCUT2D eigenvalue weighted by molar-refractivity contribution is -0.131. The summed E-state index contributed by atoms with van der Waals surface area (Å²) < 4.78 is 1.36. The highest BCUT2D eigenvalue weighted by Gasteiger charge is 2.13. The van der Waals surface area contributed by atoms with Gasteiger partial charge in [-0.15, -0.1) is 22.7 Å². The van der Waals surface area contributed by atoms with Gasteiger partial charge < -0.3 is 4.90 Å². The van der Waals surface area contributed by atoms with Gasteiger partial charge in [-0.25, -0.2) is 4.98 Å². The molecule has 0 N–H and O–H groups in total. The zero-order valence-electron chi connectivity index (χ0n) is 11.4. The van der Waals surface area contributed by atoms with Gasteiger partial charge in [-0.3, -0.25) is 14.2 Å². The molecular formula is C14H13N3O2S2. The molecule has 0 unspecified atom stereocenters. The van der Waals surface area contributed by atoms with Crippen molar-refractivity contribution in [1.82, 2.24) is 14.5 Å². The molecule has 0 saturated heterocycles. The first kappa shape index (κ1) is 14.0. The monoisotopic (exact) mass is 319 g/mol. The molecular weight excluding hydrogens is 306 g/mol. The molecule has 0 aromatic carbocycles. The molecule has 1 amide bonds. The lowest BCUT2D eigenvalue weighted by atomic mass is 10.4. The number of aromatic nitrogens is 2. The molecule has 3 aromatic rings. The van der Waals surface area contributed by atoms with Crippen LogP contribution in [0.4, 0.5) is 0 Å². The highest BCUT2D eigenvalue weighted by atomic mass is 32.1. The Labute approximate surface area is 129 Å². The molecule has 0 radical (unpaired) electrons. The molecule has 3 rings (SSSR count). The van der Waals surface area contributed by atoms with Crippen molar-refractivity contribution >= 4 is 38.8 Å². The van der Waals surface area contributed by atoms with Crippen molar-refractivity contribution in [1.29, 1.82) is 0 Å². The third-order valence-corrected chi connectivity index (χ3v) is 4.84. The van der Waals surface area contributed by atoms with Gasteiger partial charge in [0.25, 0.3) is 5.56 Å². The van der Waals surface area contributed by atoms with E-state index in [1.807, 2.05) is 22.9 Å². The van der Waals surface area contributed by atoms with Crippen LogP contribution in [-0.2, 0) is 17.9 Å². The third-order valence-electron chi connectivity index (χ3n) is 3.15. The standard InChI is InChI=1S/C14H13N3O2S2/c1-16(7-10-3-2-5-20-10)12(18)8-17-9-15-13-11(14(17)19)4-6-21-13/h2-6,9H,7-8H2,1H3. The number of likely N-dealkylation sites (N-methyl/N-ethyl adjacent to an activating group) is 1. The minimum Gasteiger partial charge on any atom is -0.339 e. The van der Waals surface area contributed by atoms with Gasteiger partial charge in [0.05, 0.1) is 18.3 Å². The van der Waals surface area contributed by atoms with E-state index in [0.29, 0.717) is 16.8 Å². The van der Waals surface area contributed by atoms with Crippen LogP contribution < -0.4 is 5.56 Å². The van der Waals surface area contributed by atoms with Crippen LogP contribution in [0.5, 0.6) is 0 Å². The lowest BCUT2D eigenvalue weighted by Gasteiger charge is -2.16. The van der Waals surface area contributed by atoms with Crippen molar-refractivity contribution in [3.8, 4) is 0 Å². The summed E-state index contributed by atoms with van der Waals surface area (Å²) in [6.45, 7) is 0.568. The Bertz CT molecular complexity index is 820. The summed E-state index contributed by atoms with van der Waals surface area (Å²) in [6.07, 6.45) is 1.44. The van der Waals surface area contributed by atoms with E-state index in [0.717, 1.165) is 4.88 Å². The first-order valence-corrected chi connectivity index (χ1v) is 8.10. The second-order valence-electron chi connectivity index (χ2n) is 4.65. The Balaban J connectivity index is 1.76. The highest BCUT2D eigenvalue weighted by Crippen LogP contribution is 2.14. The summed E-state index contributed by atoms with van der Waals surface area (Å²) in [5.74, 6) is -0.109. The van der Waals surface area contributed by atoms with Gasteiger partial charge in [0.1, 0.15) is 11.4 Å². The highest BCUT2D eigenvalue weighted by molar-refractivity contribution is 7.16. The normalized spacial score (nSPS) is 10.9. The molecule has 0 aliphatic heterocycles. The van der Waals surface area contributed by atoms with Gasteiger partial charge in [-0.2, -0.15) is 0 Å². The summed E-state index contributed by atoms with van der Waals surface area (Å²) >= 11 is 3.03. The number of carbonyl (C=O) groups is 1. The summed E-state index contributed by atoms with van der Waals surface area (Å²) in [4.78, 5) is 32.1. The van der Waals surface area contributed by atoms with Crippen LogP contribution in [0.25, 0.3) is 10.2 Å². The number of hydrogen-bond donors (Lipinski definition) is 0. The summed E-state index contributed by atoms with van der Waals surface area (Å²) in [6, 6.07) is 5.68. The predicted molar refractivity (Wildman–Crippen MR) is 84.7 cm³/mol. The first-order valence-electron chi connectivity index (χ1n) is 6.34. The van der Waals surface area contributed by atoms with Crippen LogP contribution in [0, 0.1) is 0 Å². The van der Waals surface area contributed by atoms with Crippen molar-refractivity contribution in [2.24, 2.45) is 0 Å². The SMILES string of the molecule is CN(Cc1cccs1)C(=O)Cn1cnc2sccc2c1=O. The van der Waals surface area contributed by atoms with Crippen LogP contribution in [0.1, 0.15) is 4.88 Å². The largest absolute Gasteiger partial charge is 0.339 e. The average molecular weight is 319 g/mol. The van der Waals surface area contributed by atoms with Crippen LogP contribution >= 0.6 is 22.7 Å². The van der Waals surface area contributed by atoms with Crippen molar-refractivity contribution < 1.29 is 4.79 Å². The van der Waals surface area contributed by atoms with E-state index in [2.05, 4.69) is 4.98 Å². The van der Waals surface area contributed by atoms with Crippen LogP contribution in [0.2, 0.25) is 0 Å². The second kappa shape index (κ2) is 5.79. The number of thiophene rings is 2. The molecule has 0 atom stereocenters. The zero-order valence-corrected chi connectivity index (χ0v) is 13.0.